The summed E-state index contributed by atoms with van der Waals surface area (Å²) >= 11 is 4.56. The lowest BCUT2D eigenvalue weighted by Crippen LogP contribution is -2.28. The van der Waals surface area contributed by atoms with Crippen LogP contribution in [0.1, 0.15) is 27.8 Å². The van der Waals surface area contributed by atoms with Gasteiger partial charge in [-0.1, -0.05) is 30.0 Å². The number of tetrazole rings is 1. The lowest BCUT2D eigenvalue weighted by atomic mass is 10.1. The van der Waals surface area contributed by atoms with Gasteiger partial charge in [-0.2, -0.15) is 9.78 Å². The maximum absolute atomic E-state index is 13.3. The number of carbonyl (C=O) groups is 1. The minimum Gasteiger partial charge on any atom is -0.494 e. The van der Waals surface area contributed by atoms with Crippen LogP contribution in [0.5, 0.6) is 5.75 Å². The highest BCUT2D eigenvalue weighted by atomic mass is 32.2. The zero-order chi connectivity index (χ0) is 22.8. The van der Waals surface area contributed by atoms with Crippen molar-refractivity contribution in [3.63, 3.8) is 0 Å². The third kappa shape index (κ3) is 4.43. The summed E-state index contributed by atoms with van der Waals surface area (Å²) in [5.41, 5.74) is 2.73. The molecule has 5 rings (SSSR count). The molecule has 0 N–H and O–H groups in total. The fourth-order valence-corrected chi connectivity index (χ4v) is 5.88. The van der Waals surface area contributed by atoms with E-state index in [2.05, 4.69) is 21.6 Å². The first-order valence-electron chi connectivity index (χ1n) is 10.2. The summed E-state index contributed by atoms with van der Waals surface area (Å²) in [4.78, 5) is 15.5. The largest absolute Gasteiger partial charge is 0.494 e. The average Bonchev–Trinajstić information content (AvgIpc) is 3.63. The number of thioether (sulfide) groups is 1. The fourth-order valence-electron chi connectivity index (χ4n) is 3.61. The second kappa shape index (κ2) is 9.46. The van der Waals surface area contributed by atoms with Gasteiger partial charge in [-0.25, -0.2) is 5.01 Å². The van der Waals surface area contributed by atoms with E-state index in [9.17, 15) is 4.79 Å². The maximum atomic E-state index is 13.3. The molecule has 168 valence electrons. The number of hydrogen-bond acceptors (Lipinski definition) is 9. The van der Waals surface area contributed by atoms with Crippen LogP contribution in [0.25, 0.3) is 5.69 Å². The smallest absolute Gasteiger partial charge is 0.253 e. The monoisotopic (exact) mass is 496 g/mol. The van der Waals surface area contributed by atoms with Gasteiger partial charge in [0.1, 0.15) is 11.4 Å². The van der Waals surface area contributed by atoms with Crippen molar-refractivity contribution in [2.24, 2.45) is 5.10 Å². The van der Waals surface area contributed by atoms with E-state index in [-0.39, 0.29) is 17.7 Å². The summed E-state index contributed by atoms with van der Waals surface area (Å²) in [7, 11) is 1.61. The summed E-state index contributed by atoms with van der Waals surface area (Å²) in [6.45, 7) is 1.99. The topological polar surface area (TPSA) is 85.5 Å². The van der Waals surface area contributed by atoms with Crippen molar-refractivity contribution in [2.75, 3.05) is 12.9 Å². The fraction of sp³-hybridized carbons (Fsp3) is 0.227. The van der Waals surface area contributed by atoms with Crippen molar-refractivity contribution in [2.45, 2.75) is 24.5 Å². The minimum atomic E-state index is -0.0944. The van der Waals surface area contributed by atoms with Gasteiger partial charge >= 0.3 is 0 Å². The first kappa shape index (κ1) is 21.8. The SMILES string of the molecule is COc1ccc(C)cc1-n1nnnc1SCC(=O)N1N=C(c2cccs2)C[C@H]1c1cccs1. The van der Waals surface area contributed by atoms with E-state index >= 15 is 0 Å². The van der Waals surface area contributed by atoms with Gasteiger partial charge in [0, 0.05) is 11.3 Å². The van der Waals surface area contributed by atoms with Crippen molar-refractivity contribution in [1.82, 2.24) is 25.2 Å². The number of aromatic nitrogens is 4. The number of thiophene rings is 2. The van der Waals surface area contributed by atoms with Crippen molar-refractivity contribution >= 4 is 46.1 Å². The predicted molar refractivity (Wildman–Crippen MR) is 131 cm³/mol. The lowest BCUT2D eigenvalue weighted by molar-refractivity contribution is -0.130. The molecule has 0 unspecified atom stereocenters. The van der Waals surface area contributed by atoms with Gasteiger partial charge < -0.3 is 4.74 Å². The Morgan fingerprint density at radius 1 is 1.21 bits per heavy atom. The highest BCUT2D eigenvalue weighted by molar-refractivity contribution is 7.99. The summed E-state index contributed by atoms with van der Waals surface area (Å²) < 4.78 is 7.07. The molecule has 1 atom stereocenters. The molecule has 3 aromatic heterocycles. The number of rotatable bonds is 7. The van der Waals surface area contributed by atoms with Crippen molar-refractivity contribution in [3.05, 3.63) is 68.5 Å². The Morgan fingerprint density at radius 2 is 2.06 bits per heavy atom. The van der Waals surface area contributed by atoms with Crippen LogP contribution in [0.3, 0.4) is 0 Å². The number of methoxy groups -OCH3 is 1. The summed E-state index contributed by atoms with van der Waals surface area (Å²) in [5.74, 6) is 0.733. The number of carbonyl (C=O) groups excluding carboxylic acids is 1. The number of aryl methyl sites for hydroxylation is 1. The van der Waals surface area contributed by atoms with E-state index in [4.69, 9.17) is 9.84 Å². The van der Waals surface area contributed by atoms with Crippen molar-refractivity contribution in [3.8, 4) is 11.4 Å². The van der Waals surface area contributed by atoms with Crippen LogP contribution in [0.4, 0.5) is 0 Å². The molecule has 4 heterocycles. The van der Waals surface area contributed by atoms with Crippen LogP contribution in [-0.2, 0) is 4.79 Å². The first-order chi connectivity index (χ1) is 16.1. The standard InChI is InChI=1S/C22H20N6O2S3/c1-14-7-8-18(30-2)16(11-14)28-22(23-25-26-28)33-13-21(29)27-17(20-6-4-10-32-20)12-15(24-27)19-5-3-9-31-19/h3-11,17H,12-13H2,1-2H3/t17-/m0/s1. The number of amides is 1. The third-order valence-corrected chi connectivity index (χ3v) is 7.97. The number of nitrogens with zero attached hydrogens (tertiary/aromatic N) is 6. The molecule has 4 aromatic rings. The average molecular weight is 497 g/mol. The van der Waals surface area contributed by atoms with Crippen LogP contribution >= 0.6 is 34.4 Å². The second-order valence-electron chi connectivity index (χ2n) is 7.33. The summed E-state index contributed by atoms with van der Waals surface area (Å²) in [6.07, 6.45) is 0.704. The van der Waals surface area contributed by atoms with E-state index in [0.717, 1.165) is 26.7 Å². The normalized spacial score (nSPS) is 15.6. The van der Waals surface area contributed by atoms with Crippen LogP contribution in [0.2, 0.25) is 0 Å². The molecule has 1 amide bonds. The second-order valence-corrected chi connectivity index (χ2v) is 10.2. The Balaban J connectivity index is 1.37. The van der Waals surface area contributed by atoms with Gasteiger partial charge in [0.25, 0.3) is 5.91 Å². The van der Waals surface area contributed by atoms with E-state index in [1.54, 1.807) is 39.5 Å². The molecule has 0 saturated heterocycles. The Bertz CT molecular complexity index is 1280. The van der Waals surface area contributed by atoms with Crippen LogP contribution in [-0.4, -0.2) is 49.7 Å². The van der Waals surface area contributed by atoms with E-state index in [1.807, 2.05) is 54.1 Å². The first-order valence-corrected chi connectivity index (χ1v) is 12.9. The van der Waals surface area contributed by atoms with Gasteiger partial charge in [-0.05, 0) is 57.9 Å². The Hall–Kier alpha value is -3.02. The van der Waals surface area contributed by atoms with E-state index < -0.39 is 0 Å². The number of ether oxygens (including phenoxy) is 1. The molecule has 0 bridgehead atoms. The molecule has 0 aliphatic carbocycles. The molecule has 0 saturated carbocycles. The van der Waals surface area contributed by atoms with Crippen LogP contribution < -0.4 is 4.74 Å². The molecular weight excluding hydrogens is 476 g/mol. The van der Waals surface area contributed by atoms with Gasteiger partial charge in [-0.3, -0.25) is 4.79 Å². The maximum Gasteiger partial charge on any atom is 0.253 e. The van der Waals surface area contributed by atoms with Gasteiger partial charge in [0.2, 0.25) is 5.16 Å². The zero-order valence-corrected chi connectivity index (χ0v) is 20.4. The minimum absolute atomic E-state index is 0.0873. The molecule has 0 radical (unpaired) electrons. The lowest BCUT2D eigenvalue weighted by Gasteiger charge is -2.20. The van der Waals surface area contributed by atoms with E-state index in [1.165, 1.54) is 11.8 Å². The predicted octanol–water partition coefficient (Wildman–Crippen LogP) is 4.57. The van der Waals surface area contributed by atoms with Gasteiger partial charge in [0.15, 0.2) is 0 Å². The third-order valence-electron chi connectivity index (χ3n) is 5.17. The van der Waals surface area contributed by atoms with Gasteiger partial charge in [-0.15, -0.1) is 27.8 Å². The molecule has 1 aliphatic heterocycles. The zero-order valence-electron chi connectivity index (χ0n) is 17.9. The summed E-state index contributed by atoms with van der Waals surface area (Å²) in [5, 5.41) is 23.0. The molecule has 11 heteroatoms. The number of benzene rings is 1. The Labute approximate surface area is 202 Å². The molecule has 33 heavy (non-hydrogen) atoms. The molecular formula is C22H20N6O2S3. The van der Waals surface area contributed by atoms with Crippen LogP contribution in [0, 0.1) is 6.92 Å². The highest BCUT2D eigenvalue weighted by Crippen LogP contribution is 2.36. The molecule has 1 aliphatic rings. The van der Waals surface area contributed by atoms with Crippen molar-refractivity contribution < 1.29 is 9.53 Å². The quantitative estimate of drug-likeness (QED) is 0.348. The Kier molecular flexibility index (Phi) is 6.25. The highest BCUT2D eigenvalue weighted by Gasteiger charge is 2.34. The number of hydrogen-bond donors (Lipinski definition) is 0. The molecule has 0 fully saturated rings. The van der Waals surface area contributed by atoms with Crippen LogP contribution in [0.15, 0.2) is 63.5 Å². The summed E-state index contributed by atoms with van der Waals surface area (Å²) in [6, 6.07) is 13.8. The van der Waals surface area contributed by atoms with Gasteiger partial charge in [0.05, 0.1) is 29.5 Å². The Morgan fingerprint density at radius 3 is 2.82 bits per heavy atom. The van der Waals surface area contributed by atoms with Crippen molar-refractivity contribution in [1.29, 1.82) is 0 Å². The van der Waals surface area contributed by atoms with E-state index in [0.29, 0.717) is 17.3 Å². The number of hydrazone groups is 1. The molecule has 1 aromatic carbocycles. The molecule has 8 nitrogen and oxygen atoms in total. The molecule has 0 spiro atoms.